The van der Waals surface area contributed by atoms with E-state index in [1.165, 1.54) is 0 Å². The fraction of sp³-hybridized carbons (Fsp3) is 0.300. The molecule has 1 saturated carbocycles. The number of nitrogens with zero attached hydrogens (tertiary/aromatic N) is 2. The van der Waals surface area contributed by atoms with E-state index in [4.69, 9.17) is 4.74 Å². The highest BCUT2D eigenvalue weighted by molar-refractivity contribution is 5.84. The maximum atomic E-state index is 9.95. The van der Waals surface area contributed by atoms with Crippen molar-refractivity contribution in [1.29, 1.82) is 5.26 Å². The van der Waals surface area contributed by atoms with Crippen LogP contribution in [-0.2, 0) is 10.3 Å². The van der Waals surface area contributed by atoms with E-state index in [-0.39, 0.29) is 0 Å². The molecule has 0 radical (unpaired) electrons. The highest BCUT2D eigenvalue weighted by Gasteiger charge is 2.65. The van der Waals surface area contributed by atoms with Crippen LogP contribution < -0.4 is 0 Å². The summed E-state index contributed by atoms with van der Waals surface area (Å²) >= 11 is 0. The largest absolute Gasteiger partial charge is 0.463 e. The molecule has 1 heterocycles. The average molecular weight is 302 g/mol. The Morgan fingerprint density at radius 3 is 2.43 bits per heavy atom. The summed E-state index contributed by atoms with van der Waals surface area (Å²) in [6, 6.07) is 20.8. The molecule has 0 aromatic heterocycles. The monoisotopic (exact) mass is 302 g/mol. The summed E-state index contributed by atoms with van der Waals surface area (Å²) in [5, 5.41) is 9.95. The third-order valence-electron chi connectivity index (χ3n) is 4.92. The van der Waals surface area contributed by atoms with Crippen LogP contribution >= 0.6 is 0 Å². The first kappa shape index (κ1) is 14.0. The Morgan fingerprint density at radius 2 is 1.78 bits per heavy atom. The number of ether oxygens (including phenoxy) is 1. The van der Waals surface area contributed by atoms with Crippen LogP contribution in [0.15, 0.2) is 59.6 Å². The Kier molecular flexibility index (Phi) is 3.02. The molecule has 1 unspecified atom stereocenters. The zero-order valence-corrected chi connectivity index (χ0v) is 13.1. The van der Waals surface area contributed by atoms with E-state index in [2.05, 4.69) is 29.3 Å². The van der Waals surface area contributed by atoms with E-state index in [0.717, 1.165) is 29.7 Å². The number of rotatable bonds is 3. The summed E-state index contributed by atoms with van der Waals surface area (Å²) in [5.41, 5.74) is 1.68. The number of aliphatic imine (C=N–C) groups is 1. The molecule has 0 N–H and O–H groups in total. The van der Waals surface area contributed by atoms with E-state index in [9.17, 15) is 5.26 Å². The van der Waals surface area contributed by atoms with Gasteiger partial charge in [-0.2, -0.15) is 5.26 Å². The van der Waals surface area contributed by atoms with Crippen LogP contribution in [0.5, 0.6) is 0 Å². The molecule has 3 nitrogen and oxygen atoms in total. The molecule has 2 aromatic rings. The molecular formula is C20H18N2O. The van der Waals surface area contributed by atoms with Crippen LogP contribution in [0.2, 0.25) is 0 Å². The minimum absolute atomic E-state index is 0.513. The molecule has 0 saturated heterocycles. The standard InChI is InChI=1S/C20H18N2O/c1-2-18-22-17-11-7-6-10-16(17)20(23-18,19(14-21)12-13-19)15-8-4-3-5-9-15/h3-11H,2,12-13H2,1H3. The molecule has 4 rings (SSSR count). The molecule has 1 aliphatic carbocycles. The highest BCUT2D eigenvalue weighted by Crippen LogP contribution is 2.64. The topological polar surface area (TPSA) is 45.4 Å². The van der Waals surface area contributed by atoms with Gasteiger partial charge in [0.15, 0.2) is 11.5 Å². The lowest BCUT2D eigenvalue weighted by Gasteiger charge is -2.42. The summed E-state index contributed by atoms with van der Waals surface area (Å²) in [6.07, 6.45) is 2.41. The lowest BCUT2D eigenvalue weighted by atomic mass is 9.72. The van der Waals surface area contributed by atoms with Crippen molar-refractivity contribution in [1.82, 2.24) is 0 Å². The smallest absolute Gasteiger partial charge is 0.189 e. The third kappa shape index (κ3) is 1.85. The molecular weight excluding hydrogens is 284 g/mol. The van der Waals surface area contributed by atoms with Crippen molar-refractivity contribution < 1.29 is 4.74 Å². The van der Waals surface area contributed by atoms with E-state index >= 15 is 0 Å². The predicted octanol–water partition coefficient (Wildman–Crippen LogP) is 4.70. The van der Waals surface area contributed by atoms with Gasteiger partial charge >= 0.3 is 0 Å². The molecule has 2 aromatic carbocycles. The molecule has 0 spiro atoms. The van der Waals surface area contributed by atoms with E-state index in [0.29, 0.717) is 12.3 Å². The summed E-state index contributed by atoms with van der Waals surface area (Å²) in [4.78, 5) is 4.65. The lowest BCUT2D eigenvalue weighted by molar-refractivity contribution is 0.0357. The second kappa shape index (κ2) is 4.96. The van der Waals surface area contributed by atoms with Gasteiger partial charge in [0.1, 0.15) is 5.41 Å². The summed E-state index contributed by atoms with van der Waals surface area (Å²) in [7, 11) is 0. The van der Waals surface area contributed by atoms with Crippen molar-refractivity contribution in [2.75, 3.05) is 0 Å². The van der Waals surface area contributed by atoms with Crippen molar-refractivity contribution in [3.8, 4) is 6.07 Å². The first-order chi connectivity index (χ1) is 11.3. The van der Waals surface area contributed by atoms with Gasteiger partial charge in [-0.3, -0.25) is 0 Å². The number of para-hydroxylation sites is 1. The van der Waals surface area contributed by atoms with Gasteiger partial charge in [-0.05, 0) is 18.9 Å². The van der Waals surface area contributed by atoms with Crippen molar-refractivity contribution >= 4 is 11.6 Å². The third-order valence-corrected chi connectivity index (χ3v) is 4.92. The molecule has 1 atom stereocenters. The number of fused-ring (bicyclic) bond motifs is 1. The fourth-order valence-electron chi connectivity index (χ4n) is 3.60. The molecule has 23 heavy (non-hydrogen) atoms. The van der Waals surface area contributed by atoms with Crippen molar-refractivity contribution in [3.05, 3.63) is 65.7 Å². The van der Waals surface area contributed by atoms with E-state index in [1.807, 2.05) is 43.3 Å². The van der Waals surface area contributed by atoms with Crippen LogP contribution in [0.4, 0.5) is 5.69 Å². The summed E-state index contributed by atoms with van der Waals surface area (Å²) in [5.74, 6) is 0.703. The van der Waals surface area contributed by atoms with Gasteiger partial charge in [-0.1, -0.05) is 55.5 Å². The van der Waals surface area contributed by atoms with Gasteiger partial charge in [0.05, 0.1) is 11.8 Å². The van der Waals surface area contributed by atoms with E-state index < -0.39 is 11.0 Å². The second-order valence-electron chi connectivity index (χ2n) is 6.22. The second-order valence-corrected chi connectivity index (χ2v) is 6.22. The minimum atomic E-state index is -0.757. The highest BCUT2D eigenvalue weighted by atomic mass is 16.5. The van der Waals surface area contributed by atoms with Crippen LogP contribution in [0, 0.1) is 16.7 Å². The van der Waals surface area contributed by atoms with Crippen molar-refractivity contribution in [2.24, 2.45) is 10.4 Å². The molecule has 2 aliphatic rings. The van der Waals surface area contributed by atoms with Crippen LogP contribution in [0.3, 0.4) is 0 Å². The maximum Gasteiger partial charge on any atom is 0.189 e. The molecule has 0 bridgehead atoms. The van der Waals surface area contributed by atoms with Gasteiger partial charge in [-0.25, -0.2) is 4.99 Å². The Hall–Kier alpha value is -2.60. The van der Waals surface area contributed by atoms with Crippen LogP contribution in [0.1, 0.15) is 37.3 Å². The van der Waals surface area contributed by atoms with Gasteiger partial charge in [0.2, 0.25) is 0 Å². The Balaban J connectivity index is 2.05. The van der Waals surface area contributed by atoms with Crippen LogP contribution in [-0.4, -0.2) is 5.90 Å². The fourth-order valence-corrected chi connectivity index (χ4v) is 3.60. The van der Waals surface area contributed by atoms with Crippen molar-refractivity contribution in [3.63, 3.8) is 0 Å². The SMILES string of the molecule is CCC1=Nc2ccccc2C(c2ccccc2)(C2(C#N)CC2)O1. The number of hydrogen-bond acceptors (Lipinski definition) is 3. The number of nitriles is 1. The van der Waals surface area contributed by atoms with Gasteiger partial charge in [0, 0.05) is 17.5 Å². The molecule has 1 fully saturated rings. The Morgan fingerprint density at radius 1 is 1.09 bits per heavy atom. The molecule has 3 heteroatoms. The van der Waals surface area contributed by atoms with E-state index in [1.54, 1.807) is 0 Å². The lowest BCUT2D eigenvalue weighted by Crippen LogP contribution is -2.43. The molecule has 1 aliphatic heterocycles. The zero-order valence-electron chi connectivity index (χ0n) is 13.1. The molecule has 114 valence electrons. The zero-order chi connectivity index (χ0) is 15.9. The van der Waals surface area contributed by atoms with Gasteiger partial charge in [0.25, 0.3) is 0 Å². The first-order valence-electron chi connectivity index (χ1n) is 8.08. The maximum absolute atomic E-state index is 9.95. The average Bonchev–Trinajstić information content (AvgIpc) is 3.43. The quantitative estimate of drug-likeness (QED) is 0.824. The first-order valence-corrected chi connectivity index (χ1v) is 8.08. The number of hydrogen-bond donors (Lipinski definition) is 0. The summed E-state index contributed by atoms with van der Waals surface area (Å²) in [6.45, 7) is 2.04. The summed E-state index contributed by atoms with van der Waals surface area (Å²) < 4.78 is 6.48. The Labute approximate surface area is 136 Å². The predicted molar refractivity (Wildman–Crippen MR) is 89.4 cm³/mol. The minimum Gasteiger partial charge on any atom is -0.463 e. The van der Waals surface area contributed by atoms with Gasteiger partial charge in [-0.15, -0.1) is 0 Å². The van der Waals surface area contributed by atoms with Gasteiger partial charge < -0.3 is 4.74 Å². The number of benzene rings is 2. The Bertz CT molecular complexity index is 815. The van der Waals surface area contributed by atoms with Crippen LogP contribution in [0.25, 0.3) is 0 Å². The normalized spacial score (nSPS) is 23.9. The molecule has 0 amide bonds. The van der Waals surface area contributed by atoms with Crippen molar-refractivity contribution in [2.45, 2.75) is 31.8 Å².